The van der Waals surface area contributed by atoms with Crippen molar-refractivity contribution in [3.8, 4) is 0 Å². The summed E-state index contributed by atoms with van der Waals surface area (Å²) in [6, 6.07) is -1.18. The molecule has 2 N–H and O–H groups in total. The van der Waals surface area contributed by atoms with E-state index in [4.69, 9.17) is 10.2 Å². The van der Waals surface area contributed by atoms with Gasteiger partial charge < -0.3 is 30.0 Å². The second-order valence-electron chi connectivity index (χ2n) is 5.76. The number of carboxylic acid groups (broad SMARTS) is 4. The topological polar surface area (TPSA) is 161 Å². The number of carbonyl (C=O) groups excluding carboxylic acids is 2. The van der Waals surface area contributed by atoms with Crippen LogP contribution in [0.2, 0.25) is 0 Å². The van der Waals surface area contributed by atoms with Gasteiger partial charge in [-0.3, -0.25) is 19.4 Å². The van der Waals surface area contributed by atoms with E-state index in [1.807, 2.05) is 0 Å². The van der Waals surface area contributed by atoms with Crippen molar-refractivity contribution in [1.82, 2.24) is 9.80 Å². The molecule has 1 fully saturated rings. The van der Waals surface area contributed by atoms with Gasteiger partial charge in [0.25, 0.3) is 0 Å². The van der Waals surface area contributed by atoms with E-state index in [0.717, 1.165) is 4.90 Å². The van der Waals surface area contributed by atoms with Gasteiger partial charge in [-0.05, 0) is 12.8 Å². The Morgan fingerprint density at radius 1 is 0.760 bits per heavy atom. The first-order valence-corrected chi connectivity index (χ1v) is 7.52. The van der Waals surface area contributed by atoms with Crippen molar-refractivity contribution in [3.63, 3.8) is 0 Å². The predicted octanol–water partition coefficient (Wildman–Crippen LogP) is -3.43. The Kier molecular flexibility index (Phi) is 10.3. The molecule has 1 aliphatic rings. The summed E-state index contributed by atoms with van der Waals surface area (Å²) in [5.41, 5.74) is 0. The monoisotopic (exact) mass is 407 g/mol. The molecule has 0 aromatic rings. The fraction of sp³-hybridized carbons (Fsp3) is 0.714. The predicted molar refractivity (Wildman–Crippen MR) is 74.5 cm³/mol. The van der Waals surface area contributed by atoms with Crippen molar-refractivity contribution >= 4 is 23.9 Å². The SMILES string of the molecule is O=C([O-])CN(CC(=O)[O-])C1CCCCC1N(CC(=O)O)CC(=O)O.[Cu+2]. The molecule has 0 aliphatic heterocycles. The molecular formula is C14H20CuN2O8. The second-order valence-corrected chi connectivity index (χ2v) is 5.76. The Balaban J connectivity index is 0.00000576. The second kappa shape index (κ2) is 11.0. The number of hydrogen-bond acceptors (Lipinski definition) is 8. The van der Waals surface area contributed by atoms with E-state index in [-0.39, 0.29) is 17.1 Å². The summed E-state index contributed by atoms with van der Waals surface area (Å²) in [5.74, 6) is -5.37. The Morgan fingerprint density at radius 3 is 1.36 bits per heavy atom. The van der Waals surface area contributed by atoms with Crippen molar-refractivity contribution in [2.75, 3.05) is 26.2 Å². The van der Waals surface area contributed by atoms with Gasteiger partial charge in [0.15, 0.2) is 0 Å². The first-order chi connectivity index (χ1) is 11.2. The number of nitrogens with zero attached hydrogens (tertiary/aromatic N) is 2. The minimum Gasteiger partial charge on any atom is -0.549 e. The molecule has 0 bridgehead atoms. The van der Waals surface area contributed by atoms with Crippen molar-refractivity contribution in [2.45, 2.75) is 37.8 Å². The van der Waals surface area contributed by atoms with Crippen molar-refractivity contribution in [3.05, 3.63) is 0 Å². The number of rotatable bonds is 10. The maximum Gasteiger partial charge on any atom is 2.00 e. The van der Waals surface area contributed by atoms with Crippen LogP contribution >= 0.6 is 0 Å². The number of carbonyl (C=O) groups is 4. The van der Waals surface area contributed by atoms with Crippen LogP contribution in [0.25, 0.3) is 0 Å². The molecule has 10 nitrogen and oxygen atoms in total. The summed E-state index contributed by atoms with van der Waals surface area (Å²) >= 11 is 0. The van der Waals surface area contributed by atoms with Crippen molar-refractivity contribution < 1.29 is 56.7 Å². The normalized spacial score (nSPS) is 20.1. The first-order valence-electron chi connectivity index (χ1n) is 7.52. The van der Waals surface area contributed by atoms with Crippen LogP contribution in [-0.4, -0.2) is 82.2 Å². The molecule has 0 heterocycles. The zero-order chi connectivity index (χ0) is 18.3. The van der Waals surface area contributed by atoms with Crippen molar-refractivity contribution in [1.29, 1.82) is 0 Å². The third kappa shape index (κ3) is 8.30. The summed E-state index contributed by atoms with van der Waals surface area (Å²) in [6.45, 7) is -2.36. The molecule has 0 saturated heterocycles. The summed E-state index contributed by atoms with van der Waals surface area (Å²) < 4.78 is 0. The van der Waals surface area contributed by atoms with Crippen LogP contribution in [0.4, 0.5) is 0 Å². The minimum atomic E-state index is -1.47. The zero-order valence-corrected chi connectivity index (χ0v) is 14.3. The van der Waals surface area contributed by atoms with Crippen LogP contribution in [0.5, 0.6) is 0 Å². The van der Waals surface area contributed by atoms with E-state index in [9.17, 15) is 29.4 Å². The standard InChI is InChI=1S/C14H22N2O8.Cu/c17-11(18)5-15(6-12(19)20)9-3-1-2-4-10(9)16(7-13(21)22)8-14(23)24;/h9-10H,1-8H2,(H,17,18)(H,19,20)(H,21,22)(H,23,24);/q;+2/p-2. The van der Waals surface area contributed by atoms with Gasteiger partial charge in [0, 0.05) is 25.2 Å². The van der Waals surface area contributed by atoms with Crippen LogP contribution in [0.1, 0.15) is 25.7 Å². The molecule has 0 aromatic carbocycles. The molecule has 0 spiro atoms. The summed E-state index contributed by atoms with van der Waals surface area (Å²) in [6.07, 6.45) is 2.29. The van der Waals surface area contributed by atoms with Crippen LogP contribution in [-0.2, 0) is 36.2 Å². The molecule has 11 heteroatoms. The molecule has 1 saturated carbocycles. The number of hydrogen-bond donors (Lipinski definition) is 2. The molecule has 0 amide bonds. The molecule has 145 valence electrons. The summed E-state index contributed by atoms with van der Waals surface area (Å²) in [7, 11) is 0. The molecule has 1 radical (unpaired) electrons. The first kappa shape index (κ1) is 23.3. The Morgan fingerprint density at radius 2 is 1.08 bits per heavy atom. The van der Waals surface area contributed by atoms with Crippen LogP contribution in [0.3, 0.4) is 0 Å². The van der Waals surface area contributed by atoms with Crippen LogP contribution < -0.4 is 10.2 Å². The average Bonchev–Trinajstić information content (AvgIpc) is 2.44. The van der Waals surface area contributed by atoms with Gasteiger partial charge >= 0.3 is 29.0 Å². The van der Waals surface area contributed by atoms with Gasteiger partial charge in [0.2, 0.25) is 0 Å². The quantitative estimate of drug-likeness (QED) is 0.348. The molecule has 2 atom stereocenters. The van der Waals surface area contributed by atoms with Gasteiger partial charge in [0.1, 0.15) is 0 Å². The Hall–Kier alpha value is -1.68. The maximum atomic E-state index is 11.0. The van der Waals surface area contributed by atoms with Gasteiger partial charge in [0.05, 0.1) is 25.0 Å². The third-order valence-electron chi connectivity index (χ3n) is 3.97. The third-order valence-corrected chi connectivity index (χ3v) is 3.97. The van der Waals surface area contributed by atoms with Gasteiger partial charge in [-0.1, -0.05) is 12.8 Å². The Labute approximate surface area is 154 Å². The molecule has 0 aromatic heterocycles. The fourth-order valence-electron chi connectivity index (χ4n) is 3.20. The Bertz CT molecular complexity index is 425. The van der Waals surface area contributed by atoms with Crippen LogP contribution in [0.15, 0.2) is 0 Å². The molecule has 2 unspecified atom stereocenters. The fourth-order valence-corrected chi connectivity index (χ4v) is 3.20. The molecular weight excluding hydrogens is 388 g/mol. The smallest absolute Gasteiger partial charge is 0.549 e. The zero-order valence-electron chi connectivity index (χ0n) is 13.4. The van der Waals surface area contributed by atoms with E-state index in [1.54, 1.807) is 0 Å². The average molecular weight is 408 g/mol. The molecule has 1 aliphatic carbocycles. The van der Waals surface area contributed by atoms with Gasteiger partial charge in [-0.15, -0.1) is 0 Å². The van der Waals surface area contributed by atoms with E-state index in [2.05, 4.69) is 0 Å². The minimum absolute atomic E-state index is 0. The van der Waals surface area contributed by atoms with E-state index < -0.39 is 62.1 Å². The molecule has 25 heavy (non-hydrogen) atoms. The number of carboxylic acids is 4. The molecule has 1 rings (SSSR count). The maximum absolute atomic E-state index is 11.0. The van der Waals surface area contributed by atoms with E-state index in [0.29, 0.717) is 25.7 Å². The van der Waals surface area contributed by atoms with E-state index >= 15 is 0 Å². The van der Waals surface area contributed by atoms with Gasteiger partial charge in [-0.2, -0.15) is 0 Å². The van der Waals surface area contributed by atoms with Gasteiger partial charge in [-0.25, -0.2) is 0 Å². The van der Waals surface area contributed by atoms with E-state index in [1.165, 1.54) is 4.90 Å². The number of aliphatic carboxylic acids is 4. The van der Waals surface area contributed by atoms with Crippen molar-refractivity contribution in [2.24, 2.45) is 0 Å². The van der Waals surface area contributed by atoms with Crippen LogP contribution in [0, 0.1) is 0 Å². The largest absolute Gasteiger partial charge is 2.00 e. The summed E-state index contributed by atoms with van der Waals surface area (Å²) in [5, 5.41) is 39.8. The summed E-state index contributed by atoms with van der Waals surface area (Å²) in [4.78, 5) is 46.2.